The van der Waals surface area contributed by atoms with E-state index in [1.54, 1.807) is 37.1 Å². The lowest BCUT2D eigenvalue weighted by molar-refractivity contribution is -0.130. The Hall–Kier alpha value is -2.40. The van der Waals surface area contributed by atoms with Gasteiger partial charge in [0.05, 0.1) is 13.2 Å². The van der Waals surface area contributed by atoms with Gasteiger partial charge >= 0.3 is 0 Å². The molecule has 2 unspecified atom stereocenters. The lowest BCUT2D eigenvalue weighted by atomic mass is 9.68. The Kier molecular flexibility index (Phi) is 7.71. The maximum Gasteiger partial charge on any atom is 0.219 e. The first kappa shape index (κ1) is 23.3. The molecule has 0 radical (unpaired) electrons. The van der Waals surface area contributed by atoms with E-state index < -0.39 is 0 Å². The molecule has 0 saturated carbocycles. The number of hydrogen-bond acceptors (Lipinski definition) is 3. The first-order chi connectivity index (χ1) is 14.9. The minimum atomic E-state index is -0.279. The van der Waals surface area contributed by atoms with Crippen molar-refractivity contribution in [2.24, 2.45) is 5.92 Å². The minimum absolute atomic E-state index is 0.0501. The number of halogens is 1. The average Bonchev–Trinajstić information content (AvgIpc) is 2.77. The number of hydrogen-bond donors (Lipinski definition) is 0. The molecular formula is C26H34FNO3. The van der Waals surface area contributed by atoms with Crippen molar-refractivity contribution in [1.29, 1.82) is 0 Å². The molecule has 1 saturated heterocycles. The third kappa shape index (κ3) is 5.45. The number of benzene rings is 2. The van der Waals surface area contributed by atoms with Crippen molar-refractivity contribution < 1.29 is 18.7 Å². The summed E-state index contributed by atoms with van der Waals surface area (Å²) < 4.78 is 26.0. The van der Waals surface area contributed by atoms with Crippen molar-refractivity contribution in [3.8, 4) is 5.75 Å². The topological polar surface area (TPSA) is 38.8 Å². The van der Waals surface area contributed by atoms with Gasteiger partial charge in [0.2, 0.25) is 5.91 Å². The lowest BCUT2D eigenvalue weighted by Crippen LogP contribution is -2.43. The molecule has 31 heavy (non-hydrogen) atoms. The summed E-state index contributed by atoms with van der Waals surface area (Å²) in [5, 5.41) is 0. The minimum Gasteiger partial charge on any atom is -0.496 e. The molecule has 1 amide bonds. The molecule has 3 rings (SSSR count). The Morgan fingerprint density at radius 1 is 1.23 bits per heavy atom. The number of carbonyl (C=O) groups is 1. The Morgan fingerprint density at radius 2 is 1.94 bits per heavy atom. The molecule has 0 bridgehead atoms. The molecule has 2 aromatic rings. The van der Waals surface area contributed by atoms with Crippen molar-refractivity contribution >= 4 is 5.91 Å². The van der Waals surface area contributed by atoms with E-state index in [0.29, 0.717) is 24.6 Å². The van der Waals surface area contributed by atoms with Crippen molar-refractivity contribution in [2.75, 3.05) is 20.3 Å². The van der Waals surface area contributed by atoms with Crippen molar-refractivity contribution in [3.05, 3.63) is 65.5 Å². The molecular weight excluding hydrogens is 393 g/mol. The number of ether oxygens (including phenoxy) is 2. The Morgan fingerprint density at radius 3 is 2.61 bits per heavy atom. The second kappa shape index (κ2) is 10.3. The van der Waals surface area contributed by atoms with Crippen LogP contribution in [0.3, 0.4) is 0 Å². The fourth-order valence-corrected chi connectivity index (χ4v) is 4.60. The van der Waals surface area contributed by atoms with Gasteiger partial charge in [-0.25, -0.2) is 4.39 Å². The number of methoxy groups -OCH3 is 1. The number of carbonyl (C=O) groups excluding carboxylic acids is 1. The molecule has 2 atom stereocenters. The van der Waals surface area contributed by atoms with Gasteiger partial charge in [0, 0.05) is 43.2 Å². The summed E-state index contributed by atoms with van der Waals surface area (Å²) in [6, 6.07) is 14.8. The summed E-state index contributed by atoms with van der Waals surface area (Å²) >= 11 is 0. The van der Waals surface area contributed by atoms with Gasteiger partial charge in [-0.2, -0.15) is 0 Å². The second-order valence-corrected chi connectivity index (χ2v) is 8.87. The molecule has 1 heterocycles. The Bertz CT molecular complexity index is 884. The van der Waals surface area contributed by atoms with E-state index in [4.69, 9.17) is 9.47 Å². The fraction of sp³-hybridized carbons (Fsp3) is 0.500. The van der Waals surface area contributed by atoms with E-state index >= 15 is 0 Å². The van der Waals surface area contributed by atoms with E-state index in [1.165, 1.54) is 11.6 Å². The van der Waals surface area contributed by atoms with Crippen molar-refractivity contribution in [1.82, 2.24) is 4.90 Å². The van der Waals surface area contributed by atoms with Gasteiger partial charge in [0.25, 0.3) is 0 Å². The average molecular weight is 428 g/mol. The van der Waals surface area contributed by atoms with Crippen LogP contribution in [0.25, 0.3) is 0 Å². The van der Waals surface area contributed by atoms with E-state index in [2.05, 4.69) is 19.9 Å². The fourth-order valence-electron chi connectivity index (χ4n) is 4.60. The molecule has 0 N–H and O–H groups in total. The van der Waals surface area contributed by atoms with Crippen LogP contribution < -0.4 is 4.74 Å². The van der Waals surface area contributed by atoms with Gasteiger partial charge in [0.15, 0.2) is 0 Å². The molecule has 2 aromatic carbocycles. The van der Waals surface area contributed by atoms with E-state index in [9.17, 15) is 9.18 Å². The SMILES string of the molecule is COc1ccccc1C1(CCN(Cc2ccccc2F)C(C)=O)CCOC(C(C)C)C1. The molecule has 1 aliphatic heterocycles. The predicted molar refractivity (Wildman–Crippen MR) is 121 cm³/mol. The lowest BCUT2D eigenvalue weighted by Gasteiger charge is -2.44. The van der Waals surface area contributed by atoms with E-state index in [-0.39, 0.29) is 29.8 Å². The molecule has 1 aliphatic rings. The predicted octanol–water partition coefficient (Wildman–Crippen LogP) is 5.35. The normalized spacial score (nSPS) is 21.2. The molecule has 0 aliphatic carbocycles. The first-order valence-corrected chi connectivity index (χ1v) is 11.1. The summed E-state index contributed by atoms with van der Waals surface area (Å²) in [5.74, 6) is 0.942. The Labute approximate surface area is 185 Å². The van der Waals surface area contributed by atoms with Gasteiger partial charge in [0.1, 0.15) is 11.6 Å². The zero-order chi connectivity index (χ0) is 22.4. The van der Waals surface area contributed by atoms with Crippen molar-refractivity contribution in [3.63, 3.8) is 0 Å². The van der Waals surface area contributed by atoms with Gasteiger partial charge in [-0.05, 0) is 37.3 Å². The van der Waals surface area contributed by atoms with E-state index in [0.717, 1.165) is 25.0 Å². The smallest absolute Gasteiger partial charge is 0.219 e. The zero-order valence-corrected chi connectivity index (χ0v) is 19.1. The molecule has 4 nitrogen and oxygen atoms in total. The van der Waals surface area contributed by atoms with Gasteiger partial charge in [-0.1, -0.05) is 50.2 Å². The number of amides is 1. The van der Waals surface area contributed by atoms with Crippen LogP contribution in [-0.4, -0.2) is 37.2 Å². The third-order valence-corrected chi connectivity index (χ3v) is 6.55. The standard InChI is InChI=1S/C26H34FNO3/c1-19(2)25-17-26(14-16-31-25,22-10-6-8-12-24(22)30-4)13-15-28(20(3)29)18-21-9-5-7-11-23(21)27/h5-12,19,25H,13-18H2,1-4H3. The molecule has 0 spiro atoms. The highest BCUT2D eigenvalue weighted by Crippen LogP contribution is 2.45. The van der Waals surface area contributed by atoms with Crippen LogP contribution in [0, 0.1) is 11.7 Å². The first-order valence-electron chi connectivity index (χ1n) is 11.1. The van der Waals surface area contributed by atoms with Crippen LogP contribution >= 0.6 is 0 Å². The second-order valence-electron chi connectivity index (χ2n) is 8.87. The third-order valence-electron chi connectivity index (χ3n) is 6.55. The van der Waals surface area contributed by atoms with Crippen LogP contribution in [0.1, 0.15) is 51.2 Å². The largest absolute Gasteiger partial charge is 0.496 e. The maximum atomic E-state index is 14.2. The van der Waals surface area contributed by atoms with Crippen LogP contribution in [-0.2, 0) is 21.5 Å². The summed E-state index contributed by atoms with van der Waals surface area (Å²) in [6.07, 6.45) is 2.66. The quantitative estimate of drug-likeness (QED) is 0.570. The highest BCUT2D eigenvalue weighted by molar-refractivity contribution is 5.73. The van der Waals surface area contributed by atoms with Gasteiger partial charge < -0.3 is 14.4 Å². The monoisotopic (exact) mass is 427 g/mol. The molecule has 5 heteroatoms. The van der Waals surface area contributed by atoms with Crippen LogP contribution in [0.2, 0.25) is 0 Å². The summed E-state index contributed by atoms with van der Waals surface area (Å²) in [4.78, 5) is 14.2. The van der Waals surface area contributed by atoms with Crippen molar-refractivity contribution in [2.45, 2.75) is 58.1 Å². The van der Waals surface area contributed by atoms with Gasteiger partial charge in [-0.15, -0.1) is 0 Å². The summed E-state index contributed by atoms with van der Waals surface area (Å²) in [6.45, 7) is 7.42. The number of nitrogens with zero attached hydrogens (tertiary/aromatic N) is 1. The number of rotatable bonds is 8. The van der Waals surface area contributed by atoms with E-state index in [1.807, 2.05) is 18.2 Å². The summed E-state index contributed by atoms with van der Waals surface area (Å²) in [5.41, 5.74) is 1.54. The summed E-state index contributed by atoms with van der Waals surface area (Å²) in [7, 11) is 1.70. The highest BCUT2D eigenvalue weighted by atomic mass is 19.1. The van der Waals surface area contributed by atoms with Crippen LogP contribution in [0.4, 0.5) is 4.39 Å². The molecule has 0 aromatic heterocycles. The Balaban J connectivity index is 1.89. The molecule has 1 fully saturated rings. The van der Waals surface area contributed by atoms with Crippen LogP contribution in [0.15, 0.2) is 48.5 Å². The highest BCUT2D eigenvalue weighted by Gasteiger charge is 2.41. The maximum absolute atomic E-state index is 14.2. The zero-order valence-electron chi connectivity index (χ0n) is 19.1. The molecule has 168 valence electrons. The van der Waals surface area contributed by atoms with Gasteiger partial charge in [-0.3, -0.25) is 4.79 Å². The number of para-hydroxylation sites is 1. The van der Waals surface area contributed by atoms with Crippen LogP contribution in [0.5, 0.6) is 5.75 Å².